The minimum atomic E-state index is -0.0971. The lowest BCUT2D eigenvalue weighted by Crippen LogP contribution is -1.98. The molecule has 0 aliphatic rings. The molecule has 0 saturated carbocycles. The highest BCUT2D eigenvalue weighted by Crippen LogP contribution is 2.05. The van der Waals surface area contributed by atoms with E-state index in [0.29, 0.717) is 6.42 Å². The van der Waals surface area contributed by atoms with Gasteiger partial charge in [-0.15, -0.1) is 0 Å². The van der Waals surface area contributed by atoms with E-state index in [1.807, 2.05) is 0 Å². The van der Waals surface area contributed by atoms with E-state index in [1.54, 1.807) is 0 Å². The summed E-state index contributed by atoms with van der Waals surface area (Å²) in [6, 6.07) is 0. The molecule has 0 aromatic rings. The Morgan fingerprint density at radius 2 is 1.32 bits per heavy atom. The van der Waals surface area contributed by atoms with Crippen molar-refractivity contribution < 1.29 is 9.53 Å². The molecule has 0 fully saturated rings. The highest BCUT2D eigenvalue weighted by Gasteiger charge is 1.97. The van der Waals surface area contributed by atoms with Crippen molar-refractivity contribution in [3.8, 4) is 0 Å². The lowest BCUT2D eigenvalue weighted by Gasteiger charge is -1.98. The molecular weight excluding hydrogens is 272 g/mol. The SMILES string of the molecule is CCCCC/C=C\C/C=C\C/C=C\CCCCCC(=O)OC. The number of hydrogen-bond acceptors (Lipinski definition) is 2. The predicted octanol–water partition coefficient (Wildman–Crippen LogP) is 6.14. The minimum absolute atomic E-state index is 0.0971. The lowest BCUT2D eigenvalue weighted by molar-refractivity contribution is -0.140. The molecule has 0 aliphatic carbocycles. The van der Waals surface area contributed by atoms with Gasteiger partial charge in [0.25, 0.3) is 0 Å². The molecule has 2 nitrogen and oxygen atoms in total. The molecule has 0 aromatic heterocycles. The van der Waals surface area contributed by atoms with Gasteiger partial charge in [-0.05, 0) is 44.9 Å². The molecular formula is C20H34O2. The van der Waals surface area contributed by atoms with Crippen LogP contribution in [0.2, 0.25) is 0 Å². The zero-order valence-corrected chi connectivity index (χ0v) is 14.6. The van der Waals surface area contributed by atoms with Gasteiger partial charge in [0.05, 0.1) is 7.11 Å². The standard InChI is InChI=1S/C20H34O2/c1-3-4-5-6-7-8-9-10-11-12-13-14-15-16-17-18-19-20(21)22-2/h7-8,10-11,13-14H,3-6,9,12,15-19H2,1-2H3/b8-7-,11-10-,14-13-. The average molecular weight is 306 g/mol. The van der Waals surface area contributed by atoms with Gasteiger partial charge in [-0.2, -0.15) is 0 Å². The van der Waals surface area contributed by atoms with Gasteiger partial charge in [0, 0.05) is 6.42 Å². The Bertz CT molecular complexity index is 327. The van der Waals surface area contributed by atoms with Crippen molar-refractivity contribution in [1.82, 2.24) is 0 Å². The Morgan fingerprint density at radius 3 is 1.86 bits per heavy atom. The number of hydrogen-bond donors (Lipinski definition) is 0. The van der Waals surface area contributed by atoms with E-state index in [0.717, 1.165) is 38.5 Å². The van der Waals surface area contributed by atoms with Crippen LogP contribution in [-0.4, -0.2) is 13.1 Å². The first-order valence-electron chi connectivity index (χ1n) is 8.83. The first-order chi connectivity index (χ1) is 10.8. The third kappa shape index (κ3) is 16.7. The molecule has 126 valence electrons. The van der Waals surface area contributed by atoms with E-state index in [-0.39, 0.29) is 5.97 Å². The number of rotatable bonds is 14. The van der Waals surface area contributed by atoms with Crippen molar-refractivity contribution in [2.75, 3.05) is 7.11 Å². The Kier molecular flexibility index (Phi) is 16.7. The van der Waals surface area contributed by atoms with Crippen LogP contribution >= 0.6 is 0 Å². The molecule has 0 heterocycles. The average Bonchev–Trinajstić information content (AvgIpc) is 2.54. The van der Waals surface area contributed by atoms with Gasteiger partial charge in [0.2, 0.25) is 0 Å². The third-order valence-corrected chi connectivity index (χ3v) is 3.50. The van der Waals surface area contributed by atoms with E-state index in [9.17, 15) is 4.79 Å². The van der Waals surface area contributed by atoms with Crippen LogP contribution in [0.25, 0.3) is 0 Å². The lowest BCUT2D eigenvalue weighted by atomic mass is 10.1. The van der Waals surface area contributed by atoms with E-state index < -0.39 is 0 Å². The zero-order chi connectivity index (χ0) is 16.3. The summed E-state index contributed by atoms with van der Waals surface area (Å²) in [6.45, 7) is 2.24. The smallest absolute Gasteiger partial charge is 0.305 e. The predicted molar refractivity (Wildman–Crippen MR) is 95.9 cm³/mol. The summed E-state index contributed by atoms with van der Waals surface area (Å²) in [6.07, 6.45) is 25.6. The normalized spacial score (nSPS) is 11.9. The highest BCUT2D eigenvalue weighted by molar-refractivity contribution is 5.68. The highest BCUT2D eigenvalue weighted by atomic mass is 16.5. The quantitative estimate of drug-likeness (QED) is 0.219. The second kappa shape index (κ2) is 17.7. The molecule has 0 spiro atoms. The molecule has 0 atom stereocenters. The van der Waals surface area contributed by atoms with Crippen molar-refractivity contribution in [3.05, 3.63) is 36.5 Å². The molecule has 22 heavy (non-hydrogen) atoms. The van der Waals surface area contributed by atoms with Gasteiger partial charge in [-0.3, -0.25) is 4.79 Å². The Labute approximate surface area is 137 Å². The van der Waals surface area contributed by atoms with Crippen molar-refractivity contribution in [2.24, 2.45) is 0 Å². The second-order valence-electron chi connectivity index (χ2n) is 5.56. The van der Waals surface area contributed by atoms with E-state index in [2.05, 4.69) is 48.1 Å². The fraction of sp³-hybridized carbons (Fsp3) is 0.650. The monoisotopic (exact) mass is 306 g/mol. The van der Waals surface area contributed by atoms with Crippen molar-refractivity contribution in [1.29, 1.82) is 0 Å². The fourth-order valence-electron chi connectivity index (χ4n) is 2.10. The van der Waals surface area contributed by atoms with E-state index >= 15 is 0 Å². The van der Waals surface area contributed by atoms with Gasteiger partial charge in [0.15, 0.2) is 0 Å². The topological polar surface area (TPSA) is 26.3 Å². The summed E-state index contributed by atoms with van der Waals surface area (Å²) >= 11 is 0. The molecule has 0 unspecified atom stereocenters. The Hall–Kier alpha value is -1.31. The Morgan fingerprint density at radius 1 is 0.773 bits per heavy atom. The van der Waals surface area contributed by atoms with Crippen LogP contribution in [0.3, 0.4) is 0 Å². The maximum atomic E-state index is 10.9. The number of methoxy groups -OCH3 is 1. The van der Waals surface area contributed by atoms with Crippen molar-refractivity contribution in [3.63, 3.8) is 0 Å². The van der Waals surface area contributed by atoms with E-state index in [4.69, 9.17) is 0 Å². The maximum absolute atomic E-state index is 10.9. The maximum Gasteiger partial charge on any atom is 0.305 e. The molecule has 0 saturated heterocycles. The number of allylic oxidation sites excluding steroid dienone is 6. The molecule has 0 bridgehead atoms. The number of carbonyl (C=O) groups is 1. The van der Waals surface area contributed by atoms with Gasteiger partial charge in [0.1, 0.15) is 0 Å². The number of ether oxygens (including phenoxy) is 1. The summed E-state index contributed by atoms with van der Waals surface area (Å²) in [4.78, 5) is 10.9. The van der Waals surface area contributed by atoms with Crippen molar-refractivity contribution in [2.45, 2.75) is 77.6 Å². The van der Waals surface area contributed by atoms with Crippen LogP contribution < -0.4 is 0 Å². The largest absolute Gasteiger partial charge is 0.469 e. The summed E-state index contributed by atoms with van der Waals surface area (Å²) < 4.78 is 4.61. The molecule has 0 aliphatic heterocycles. The first-order valence-corrected chi connectivity index (χ1v) is 8.83. The van der Waals surface area contributed by atoms with Crippen LogP contribution in [0.5, 0.6) is 0 Å². The van der Waals surface area contributed by atoms with Gasteiger partial charge < -0.3 is 4.74 Å². The zero-order valence-electron chi connectivity index (χ0n) is 14.6. The molecule has 0 aromatic carbocycles. The number of carbonyl (C=O) groups excluding carboxylic acids is 1. The molecule has 0 amide bonds. The van der Waals surface area contributed by atoms with Crippen LogP contribution in [0.4, 0.5) is 0 Å². The summed E-state index contributed by atoms with van der Waals surface area (Å²) in [5.74, 6) is -0.0971. The summed E-state index contributed by atoms with van der Waals surface area (Å²) in [5, 5.41) is 0. The minimum Gasteiger partial charge on any atom is -0.469 e. The number of esters is 1. The van der Waals surface area contributed by atoms with Crippen LogP contribution in [-0.2, 0) is 9.53 Å². The van der Waals surface area contributed by atoms with Gasteiger partial charge >= 0.3 is 5.97 Å². The van der Waals surface area contributed by atoms with Crippen LogP contribution in [0, 0.1) is 0 Å². The summed E-state index contributed by atoms with van der Waals surface area (Å²) in [5.41, 5.74) is 0. The van der Waals surface area contributed by atoms with Crippen molar-refractivity contribution >= 4 is 5.97 Å². The van der Waals surface area contributed by atoms with Gasteiger partial charge in [-0.25, -0.2) is 0 Å². The first kappa shape index (κ1) is 20.7. The summed E-state index contributed by atoms with van der Waals surface area (Å²) in [7, 11) is 1.45. The fourth-order valence-corrected chi connectivity index (χ4v) is 2.10. The Balaban J connectivity index is 3.32. The molecule has 0 N–H and O–H groups in total. The molecule has 2 heteroatoms. The van der Waals surface area contributed by atoms with Gasteiger partial charge in [-0.1, -0.05) is 62.6 Å². The van der Waals surface area contributed by atoms with E-state index in [1.165, 1.54) is 32.8 Å². The van der Waals surface area contributed by atoms with Crippen LogP contribution in [0.1, 0.15) is 77.6 Å². The molecule has 0 radical (unpaired) electrons. The van der Waals surface area contributed by atoms with Crippen LogP contribution in [0.15, 0.2) is 36.5 Å². The molecule has 0 rings (SSSR count). The third-order valence-electron chi connectivity index (χ3n) is 3.50. The number of unbranched alkanes of at least 4 members (excludes halogenated alkanes) is 6. The second-order valence-corrected chi connectivity index (χ2v) is 5.56.